The highest BCUT2D eigenvalue weighted by Crippen LogP contribution is 2.44. The number of phenols is 1. The van der Waals surface area contributed by atoms with Gasteiger partial charge in [0.2, 0.25) is 5.91 Å². The third-order valence-corrected chi connectivity index (χ3v) is 8.23. The summed E-state index contributed by atoms with van der Waals surface area (Å²) in [5.74, 6) is -0.260. The van der Waals surface area contributed by atoms with Crippen molar-refractivity contribution < 1.29 is 24.9 Å². The Morgan fingerprint density at radius 1 is 1.05 bits per heavy atom. The molecule has 5 heterocycles. The number of nitrogen functional groups attached to an aromatic ring is 1. The van der Waals surface area contributed by atoms with E-state index in [4.69, 9.17) is 10.7 Å². The number of hydrogen-bond acceptors (Lipinski definition) is 9. The van der Waals surface area contributed by atoms with Crippen LogP contribution in [0.3, 0.4) is 0 Å². The predicted octanol–water partition coefficient (Wildman–Crippen LogP) is 2.67. The predicted molar refractivity (Wildman–Crippen MR) is 146 cm³/mol. The van der Waals surface area contributed by atoms with Crippen molar-refractivity contribution in [2.24, 2.45) is 0 Å². The van der Waals surface area contributed by atoms with Gasteiger partial charge in [-0.15, -0.1) is 0 Å². The fraction of sp³-hybridized carbons (Fsp3) is 0.345. The number of aliphatic hydroxyl groups is 2. The molecule has 11 nitrogen and oxygen atoms in total. The summed E-state index contributed by atoms with van der Waals surface area (Å²) >= 11 is 0. The van der Waals surface area contributed by atoms with Crippen LogP contribution in [-0.2, 0) is 11.4 Å². The van der Waals surface area contributed by atoms with Crippen molar-refractivity contribution in [3.8, 4) is 28.1 Å². The topological polar surface area (TPSA) is 167 Å². The number of pyridine rings is 1. The van der Waals surface area contributed by atoms with Crippen molar-refractivity contribution in [3.63, 3.8) is 0 Å². The quantitative estimate of drug-likeness (QED) is 0.268. The second kappa shape index (κ2) is 10.00. The van der Waals surface area contributed by atoms with E-state index in [9.17, 15) is 24.9 Å². The van der Waals surface area contributed by atoms with E-state index < -0.39 is 6.61 Å². The molecule has 4 aromatic rings. The minimum absolute atomic E-state index is 0.00478. The van der Waals surface area contributed by atoms with Gasteiger partial charge in [0.1, 0.15) is 18.2 Å². The zero-order valence-electron chi connectivity index (χ0n) is 22.0. The molecule has 0 radical (unpaired) electrons. The van der Waals surface area contributed by atoms with Gasteiger partial charge in [-0.2, -0.15) is 9.61 Å². The fourth-order valence-corrected chi connectivity index (χ4v) is 6.38. The molecule has 2 atom stereocenters. The normalized spacial score (nSPS) is 20.3. The maximum absolute atomic E-state index is 12.8. The Labute approximate surface area is 229 Å². The van der Waals surface area contributed by atoms with E-state index in [1.165, 1.54) is 17.5 Å². The fourth-order valence-electron chi connectivity index (χ4n) is 6.38. The molecule has 0 saturated carbocycles. The smallest absolute Gasteiger partial charge is 0.248 e. The van der Waals surface area contributed by atoms with E-state index in [-0.39, 0.29) is 47.9 Å². The Morgan fingerprint density at radius 2 is 1.77 bits per heavy atom. The van der Waals surface area contributed by atoms with Gasteiger partial charge in [-0.3, -0.25) is 14.6 Å². The molecule has 2 aliphatic heterocycles. The van der Waals surface area contributed by atoms with Crippen LogP contribution in [0.25, 0.3) is 28.0 Å². The summed E-state index contributed by atoms with van der Waals surface area (Å²) in [5, 5.41) is 33.2. The van der Waals surface area contributed by atoms with Gasteiger partial charge in [-0.25, -0.2) is 4.98 Å². The number of nitrogens with zero attached hydrogens (tertiary/aromatic N) is 5. The number of piperidine rings is 1. The summed E-state index contributed by atoms with van der Waals surface area (Å²) in [6, 6.07) is 8.67. The second-order valence-corrected chi connectivity index (χ2v) is 10.6. The van der Waals surface area contributed by atoms with Crippen LogP contribution in [0.5, 0.6) is 5.75 Å². The zero-order valence-corrected chi connectivity index (χ0v) is 22.0. The standard InChI is InChI=1S/C29H30N6O5/c1-15(38)26-27(18-9-20-4-5-21(10-18)34(20)25(40)14-37)33-29-22(12-32-35(29)28(26)30)17-2-6-23(31-11-17)16-3-7-24(39)19(8-16)13-36/h2-3,6-8,11-12,18,20-21,36-37,39H,4-5,9-10,13-14,30H2,1H3. The molecule has 0 aliphatic carbocycles. The van der Waals surface area contributed by atoms with Crippen LogP contribution < -0.4 is 5.73 Å². The highest BCUT2D eigenvalue weighted by Gasteiger charge is 2.44. The van der Waals surface area contributed by atoms with Gasteiger partial charge in [-0.1, -0.05) is 6.07 Å². The highest BCUT2D eigenvalue weighted by atomic mass is 16.3. The third kappa shape index (κ3) is 4.18. The van der Waals surface area contributed by atoms with Gasteiger partial charge in [0, 0.05) is 46.5 Å². The lowest BCUT2D eigenvalue weighted by atomic mass is 9.85. The van der Waals surface area contributed by atoms with Crippen molar-refractivity contribution in [2.75, 3.05) is 12.3 Å². The molecule has 3 aromatic heterocycles. The summed E-state index contributed by atoms with van der Waals surface area (Å²) < 4.78 is 1.48. The summed E-state index contributed by atoms with van der Waals surface area (Å²) in [6.45, 7) is 0.686. The van der Waals surface area contributed by atoms with Gasteiger partial charge in [0.15, 0.2) is 11.4 Å². The molecule has 206 valence electrons. The van der Waals surface area contributed by atoms with Crippen molar-refractivity contribution in [1.29, 1.82) is 0 Å². The highest BCUT2D eigenvalue weighted by molar-refractivity contribution is 6.00. The number of benzene rings is 1. The molecule has 11 heteroatoms. The maximum Gasteiger partial charge on any atom is 0.248 e. The average Bonchev–Trinajstić information content (AvgIpc) is 3.50. The molecule has 2 saturated heterocycles. The molecule has 1 amide bonds. The van der Waals surface area contributed by atoms with Crippen LogP contribution in [0.1, 0.15) is 60.1 Å². The first-order chi connectivity index (χ1) is 19.3. The zero-order chi connectivity index (χ0) is 28.1. The third-order valence-electron chi connectivity index (χ3n) is 8.23. The molecule has 2 unspecified atom stereocenters. The number of rotatable bonds is 6. The van der Waals surface area contributed by atoms with Gasteiger partial charge in [0.25, 0.3) is 0 Å². The van der Waals surface area contributed by atoms with Crippen molar-refractivity contribution in [3.05, 3.63) is 59.5 Å². The molecule has 6 rings (SSSR count). The number of hydrogen-bond donors (Lipinski definition) is 4. The molecule has 2 fully saturated rings. The number of anilines is 1. The molecular weight excluding hydrogens is 512 g/mol. The monoisotopic (exact) mass is 542 g/mol. The number of fused-ring (bicyclic) bond motifs is 3. The van der Waals surface area contributed by atoms with Crippen LogP contribution in [0.4, 0.5) is 5.82 Å². The number of amides is 1. The largest absolute Gasteiger partial charge is 0.508 e. The van der Waals surface area contributed by atoms with Crippen LogP contribution in [0.15, 0.2) is 42.7 Å². The van der Waals surface area contributed by atoms with Crippen LogP contribution >= 0.6 is 0 Å². The molecule has 5 N–H and O–H groups in total. The number of carbonyl (C=O) groups excluding carboxylic acids is 2. The molecule has 40 heavy (non-hydrogen) atoms. The van der Waals surface area contributed by atoms with E-state index in [0.717, 1.165) is 24.0 Å². The van der Waals surface area contributed by atoms with Gasteiger partial charge >= 0.3 is 0 Å². The lowest BCUT2D eigenvalue weighted by Crippen LogP contribution is -2.47. The number of aromatic hydroxyl groups is 1. The molecule has 2 bridgehead atoms. The Hall–Kier alpha value is -4.35. The number of aliphatic hydroxyl groups excluding tert-OH is 2. The average molecular weight is 543 g/mol. The van der Waals surface area contributed by atoms with Gasteiger partial charge in [0.05, 0.1) is 29.8 Å². The van der Waals surface area contributed by atoms with Crippen molar-refractivity contribution in [1.82, 2.24) is 24.5 Å². The van der Waals surface area contributed by atoms with E-state index in [2.05, 4.69) is 10.1 Å². The molecule has 1 aromatic carbocycles. The summed E-state index contributed by atoms with van der Waals surface area (Å²) in [5.41, 5.74) is 11.3. The number of aromatic nitrogens is 4. The van der Waals surface area contributed by atoms with E-state index >= 15 is 0 Å². The molecule has 2 aliphatic rings. The summed E-state index contributed by atoms with van der Waals surface area (Å²) in [4.78, 5) is 36.5. The van der Waals surface area contributed by atoms with Crippen LogP contribution in [0, 0.1) is 0 Å². The number of carbonyl (C=O) groups is 2. The first-order valence-electron chi connectivity index (χ1n) is 13.3. The number of ketones is 1. The maximum atomic E-state index is 12.8. The Bertz CT molecular complexity index is 1620. The van der Waals surface area contributed by atoms with Crippen molar-refractivity contribution >= 4 is 23.2 Å². The second-order valence-electron chi connectivity index (χ2n) is 10.6. The summed E-state index contributed by atoms with van der Waals surface area (Å²) in [6.07, 6.45) is 6.36. The Morgan fingerprint density at radius 3 is 2.40 bits per heavy atom. The first kappa shape index (κ1) is 25.9. The summed E-state index contributed by atoms with van der Waals surface area (Å²) in [7, 11) is 0. The Kier molecular flexibility index (Phi) is 6.47. The first-order valence-corrected chi connectivity index (χ1v) is 13.3. The van der Waals surface area contributed by atoms with E-state index in [1.54, 1.807) is 29.4 Å². The van der Waals surface area contributed by atoms with Gasteiger partial charge in [-0.05, 0) is 56.9 Å². The molecular formula is C29H30N6O5. The molecule has 0 spiro atoms. The van der Waals surface area contributed by atoms with Crippen LogP contribution in [-0.4, -0.2) is 70.2 Å². The minimum atomic E-state index is -0.505. The van der Waals surface area contributed by atoms with Gasteiger partial charge < -0.3 is 26.0 Å². The SMILES string of the molecule is CC(=O)c1c(C2CC3CCC(C2)N3C(=O)CO)nc2c(-c3ccc(-c4ccc(O)c(CO)c4)nc3)cnn2c1N. The number of nitrogens with two attached hydrogens (primary N) is 1. The van der Waals surface area contributed by atoms with E-state index in [0.29, 0.717) is 46.6 Å². The number of Topliss-reactive ketones (excluding diaryl/α,β-unsaturated/α-hetero) is 1. The van der Waals surface area contributed by atoms with E-state index in [1.807, 2.05) is 12.1 Å². The lowest BCUT2D eigenvalue weighted by Gasteiger charge is -2.39. The van der Waals surface area contributed by atoms with Crippen LogP contribution in [0.2, 0.25) is 0 Å². The Balaban J connectivity index is 1.39. The minimum Gasteiger partial charge on any atom is -0.508 e. The lowest BCUT2D eigenvalue weighted by molar-refractivity contribution is -0.138. The van der Waals surface area contributed by atoms with Crippen molar-refractivity contribution in [2.45, 2.75) is 57.2 Å².